The van der Waals surface area contributed by atoms with Crippen LogP contribution in [0.25, 0.3) is 135 Å². The van der Waals surface area contributed by atoms with Gasteiger partial charge in [-0.1, -0.05) is 366 Å². The Morgan fingerprint density at radius 3 is 0.805 bits per heavy atom. The van der Waals surface area contributed by atoms with Crippen molar-refractivity contribution < 1.29 is 4.63 Å². The van der Waals surface area contributed by atoms with Gasteiger partial charge in [-0.2, -0.15) is 0 Å². The minimum atomic E-state index is -0.225. The van der Waals surface area contributed by atoms with Gasteiger partial charge in [0.05, 0.1) is 0 Å². The highest BCUT2D eigenvalue weighted by Crippen LogP contribution is 2.61. The Hall–Kier alpha value is -10.6. The Kier molecular flexibility index (Phi) is 26.1. The van der Waals surface area contributed by atoms with Crippen LogP contribution in [0.1, 0.15) is 290 Å². The lowest BCUT2D eigenvalue weighted by Crippen LogP contribution is -2.26. The molecule has 0 N–H and O–H groups in total. The van der Waals surface area contributed by atoms with Gasteiger partial charge < -0.3 is 0 Å². The second-order valence-corrected chi connectivity index (χ2v) is 34.8. The van der Waals surface area contributed by atoms with Crippen molar-refractivity contribution in [3.05, 3.63) is 299 Å². The summed E-state index contributed by atoms with van der Waals surface area (Å²) in [6.07, 6.45) is 53.2. The average Bonchev–Trinajstić information content (AvgIpc) is 1.56. The van der Waals surface area contributed by atoms with Gasteiger partial charge in [0.25, 0.3) is 0 Å². The molecule has 600 valence electrons. The highest BCUT2D eigenvalue weighted by atomic mass is 16.6. The van der Waals surface area contributed by atoms with E-state index in [1.54, 1.807) is 11.1 Å². The van der Waals surface area contributed by atoms with Crippen LogP contribution in [0.4, 0.5) is 0 Å². The summed E-state index contributed by atoms with van der Waals surface area (Å²) in [6.45, 7) is 14.1. The maximum atomic E-state index is 5.64. The van der Waals surface area contributed by atoms with Crippen molar-refractivity contribution in [1.29, 1.82) is 0 Å². The van der Waals surface area contributed by atoms with Gasteiger partial charge >= 0.3 is 0 Å². The summed E-state index contributed by atoms with van der Waals surface area (Å²) in [5, 5.41) is 9.22. The number of unbranched alkanes of at least 4 members (excludes halogenated alkanes) is 18. The zero-order valence-electron chi connectivity index (χ0n) is 71.3. The van der Waals surface area contributed by atoms with Crippen molar-refractivity contribution >= 4 is 35.3 Å². The monoisotopic (exact) mass is 1550 g/mol. The topological polar surface area (TPSA) is 64.7 Å². The largest absolute Gasteiger partial charge is 0.265 e. The quantitative estimate of drug-likeness (QED) is 0.0358. The van der Waals surface area contributed by atoms with Gasteiger partial charge in [0, 0.05) is 52.2 Å². The summed E-state index contributed by atoms with van der Waals surface area (Å²) >= 11 is 0. The first-order valence-corrected chi connectivity index (χ1v) is 45.8. The number of hydrogen-bond donors (Lipinski definition) is 0. The van der Waals surface area contributed by atoms with Crippen molar-refractivity contribution in [1.82, 2.24) is 20.3 Å². The first-order valence-electron chi connectivity index (χ1n) is 45.8. The molecule has 3 aliphatic carbocycles. The highest BCUT2D eigenvalue weighted by Gasteiger charge is 2.47. The molecule has 3 aromatic heterocycles. The smallest absolute Gasteiger partial charge is 0.143 e. The standard InChI is InChI=1S/C113H122N4O/c1-7-13-19-31-63-111(64-32-20-14-8-2)103-75-85(83-37-27-25-28-38-83)45-51-95(103)96-52-46-86(76-104(96)111)87-47-53-97-99-55-49-91(79-107(99)112(105(97)77-87,65-33-21-15-9-3)66-34-22-16-10-4)101-73-89(44-42-82-61-71-115-72-62-82)102(74-88(101)43-41-81-59-69-114-70-60-81)92-50-56-100-98-54-48-90(94-58-57-93(84-39-29-26-30-40-84)109-110(94)117-118-116-109)78-106(98)113(108(100)80-92,67-35-23-17-11-5)68-36-24-18-12-6/h25-30,37-62,69-80H,7-24,31-36,63-68H2,1-6H3/b43-41+,44-42+. The number of hydrogen-bond acceptors (Lipinski definition) is 5. The van der Waals surface area contributed by atoms with Crippen molar-refractivity contribution in [2.24, 2.45) is 0 Å². The normalized spacial score (nSPS) is 13.8. The van der Waals surface area contributed by atoms with Gasteiger partial charge in [-0.25, -0.2) is 4.63 Å². The lowest BCUT2D eigenvalue weighted by molar-refractivity contribution is 0.315. The van der Waals surface area contributed by atoms with E-state index in [0.717, 1.165) is 82.9 Å². The van der Waals surface area contributed by atoms with E-state index < -0.39 is 0 Å². The Morgan fingerprint density at radius 2 is 0.492 bits per heavy atom. The third-order valence-electron chi connectivity index (χ3n) is 27.2. The van der Waals surface area contributed by atoms with Crippen molar-refractivity contribution in [2.75, 3.05) is 0 Å². The van der Waals surface area contributed by atoms with Crippen LogP contribution in [0, 0.1) is 0 Å². The molecule has 0 bridgehead atoms. The number of rotatable bonds is 40. The molecule has 0 spiro atoms. The average molecular weight is 1550 g/mol. The van der Waals surface area contributed by atoms with Gasteiger partial charge in [-0.15, -0.1) is 0 Å². The molecule has 0 unspecified atom stereocenters. The molecule has 0 saturated carbocycles. The Bertz CT molecular complexity index is 5590. The first kappa shape index (κ1) is 81.1. The second kappa shape index (κ2) is 38.0. The molecule has 0 radical (unpaired) electrons. The number of nitrogens with zero attached hydrogens (tertiary/aromatic N) is 4. The van der Waals surface area contributed by atoms with Crippen molar-refractivity contribution in [3.63, 3.8) is 0 Å². The molecule has 0 aliphatic heterocycles. The van der Waals surface area contributed by atoms with Gasteiger partial charge in [-0.3, -0.25) is 9.97 Å². The third-order valence-corrected chi connectivity index (χ3v) is 27.2. The molecule has 0 amide bonds. The lowest BCUT2D eigenvalue weighted by atomic mass is 9.69. The van der Waals surface area contributed by atoms with Crippen LogP contribution in [-0.4, -0.2) is 20.3 Å². The summed E-state index contributed by atoms with van der Waals surface area (Å²) in [5.41, 5.74) is 37.7. The van der Waals surface area contributed by atoms with E-state index in [-0.39, 0.29) is 16.2 Å². The molecule has 0 atom stereocenters. The molecule has 3 aliphatic rings. The fourth-order valence-corrected chi connectivity index (χ4v) is 21.0. The van der Waals surface area contributed by atoms with Crippen LogP contribution in [0.2, 0.25) is 0 Å². The Labute approximate surface area is 705 Å². The number of pyridine rings is 2. The molecule has 0 saturated heterocycles. The Morgan fingerprint density at radius 1 is 0.229 bits per heavy atom. The van der Waals surface area contributed by atoms with Crippen LogP contribution in [0.15, 0.2) is 248 Å². The van der Waals surface area contributed by atoms with Crippen LogP contribution < -0.4 is 0 Å². The second-order valence-electron chi connectivity index (χ2n) is 34.8. The maximum absolute atomic E-state index is 5.64. The molecule has 13 aromatic rings. The fourth-order valence-electron chi connectivity index (χ4n) is 21.0. The zero-order valence-corrected chi connectivity index (χ0v) is 71.3. The third kappa shape index (κ3) is 16.7. The fraction of sp³-hybridized carbons (Fsp3) is 0.345. The number of benzene rings is 10. The molecular weight excluding hydrogens is 1430 g/mol. The van der Waals surface area contributed by atoms with Gasteiger partial charge in [-0.05, 0) is 266 Å². The van der Waals surface area contributed by atoms with Crippen LogP contribution in [0.3, 0.4) is 0 Å². The summed E-state index contributed by atoms with van der Waals surface area (Å²) in [7, 11) is 0. The number of fused-ring (bicyclic) bond motifs is 10. The van der Waals surface area contributed by atoms with Crippen LogP contribution in [0.5, 0.6) is 0 Å². The molecule has 3 heterocycles. The van der Waals surface area contributed by atoms with Gasteiger partial charge in [0.15, 0.2) is 0 Å². The minimum Gasteiger partial charge on any atom is -0.265 e. The van der Waals surface area contributed by atoms with E-state index in [1.807, 2.05) is 24.8 Å². The van der Waals surface area contributed by atoms with Crippen molar-refractivity contribution in [2.45, 2.75) is 250 Å². The summed E-state index contributed by atoms with van der Waals surface area (Å²) in [5.74, 6) is 0. The molecule has 5 heteroatoms. The van der Waals surface area contributed by atoms with Gasteiger partial charge in [0.2, 0.25) is 0 Å². The molecule has 16 rings (SSSR count). The number of aromatic nitrogens is 4. The lowest BCUT2D eigenvalue weighted by Gasteiger charge is -2.34. The first-order chi connectivity index (χ1) is 58.2. The zero-order chi connectivity index (χ0) is 80.7. The summed E-state index contributed by atoms with van der Waals surface area (Å²) < 4.78 is 5.64. The molecule has 10 aromatic carbocycles. The predicted octanol–water partition coefficient (Wildman–Crippen LogP) is 33.0. The van der Waals surface area contributed by atoms with E-state index in [2.05, 4.69) is 305 Å². The highest BCUT2D eigenvalue weighted by molar-refractivity contribution is 6.01. The van der Waals surface area contributed by atoms with Gasteiger partial charge in [0.1, 0.15) is 11.0 Å². The molecular formula is C113H122N4O. The predicted molar refractivity (Wildman–Crippen MR) is 502 cm³/mol. The molecule has 0 fully saturated rings. The van der Waals surface area contributed by atoms with E-state index >= 15 is 0 Å². The molecule has 118 heavy (non-hydrogen) atoms. The van der Waals surface area contributed by atoms with E-state index in [0.29, 0.717) is 0 Å². The van der Waals surface area contributed by atoms with E-state index in [1.165, 1.54) is 265 Å². The SMILES string of the molecule is CCCCCCC1(CCCCCC)c2cc(-c3ccccc3)ccc2-c2ccc(-c3ccc4c(c3)C(CCCCCC)(CCCCCC)c3cc(-c5cc(/C=C/c6ccncc6)c(-c6ccc7c(c6)C(CCCCCC)(CCCCCC)c6cc(-c8ccc(-c9ccccc9)c9nonc89)ccc6-7)cc5/C=C/c5ccncc5)ccc3-4)cc21. The summed E-state index contributed by atoms with van der Waals surface area (Å²) in [4.78, 5) is 8.98. The van der Waals surface area contributed by atoms with Crippen molar-refractivity contribution in [3.8, 4) is 100 Å². The minimum absolute atomic E-state index is 0.0615. The van der Waals surface area contributed by atoms with E-state index in [4.69, 9.17) is 4.63 Å². The van der Waals surface area contributed by atoms with Crippen LogP contribution >= 0.6 is 0 Å². The van der Waals surface area contributed by atoms with E-state index in [9.17, 15) is 0 Å². The Balaban J connectivity index is 0.850. The van der Waals surface area contributed by atoms with Crippen LogP contribution in [-0.2, 0) is 16.2 Å². The molecule has 5 nitrogen and oxygen atoms in total. The summed E-state index contributed by atoms with van der Waals surface area (Å²) in [6, 6.07) is 85.3. The maximum Gasteiger partial charge on any atom is 0.143 e.